The maximum Gasteiger partial charge on any atom is 0.573 e. The van der Waals surface area contributed by atoms with Gasteiger partial charge in [0.2, 0.25) is 0 Å². The summed E-state index contributed by atoms with van der Waals surface area (Å²) in [5, 5.41) is 0. The molecule has 0 bridgehead atoms. The Bertz CT molecular complexity index is 1360. The van der Waals surface area contributed by atoms with Gasteiger partial charge in [0, 0.05) is 43.7 Å². The molecule has 0 spiro atoms. The molecular formula is C43H67F3N4OS2. The van der Waals surface area contributed by atoms with E-state index in [1.165, 1.54) is 108 Å². The van der Waals surface area contributed by atoms with Gasteiger partial charge >= 0.3 is 6.36 Å². The molecule has 10 heteroatoms. The fourth-order valence-corrected chi connectivity index (χ4v) is 10.7. The molecule has 4 aliphatic heterocycles. The lowest BCUT2D eigenvalue weighted by Crippen LogP contribution is -2.41. The normalized spacial score (nSPS) is 21.2. The molecule has 0 radical (unpaired) electrons. The maximum atomic E-state index is 12.5. The number of likely N-dealkylation sites (tertiary alicyclic amines) is 2. The highest BCUT2D eigenvalue weighted by Crippen LogP contribution is 2.41. The van der Waals surface area contributed by atoms with Gasteiger partial charge in [-0.3, -0.25) is 0 Å². The van der Waals surface area contributed by atoms with E-state index < -0.39 is 6.36 Å². The second kappa shape index (κ2) is 20.1. The van der Waals surface area contributed by atoms with Crippen LogP contribution in [0.3, 0.4) is 0 Å². The van der Waals surface area contributed by atoms with Crippen molar-refractivity contribution < 1.29 is 17.9 Å². The Morgan fingerprint density at radius 1 is 0.698 bits per heavy atom. The zero-order valence-corrected chi connectivity index (χ0v) is 35.2. The molecule has 4 heterocycles. The molecule has 6 rings (SSSR count). The van der Waals surface area contributed by atoms with E-state index in [9.17, 15) is 13.2 Å². The van der Waals surface area contributed by atoms with Crippen molar-refractivity contribution in [3.8, 4) is 5.75 Å². The SMILES string of the molecule is CC(C)c1cc(C(C)C)c(SN2CCC(N3CCCC3)CC2)c(C(C)C)c1.CC1CCN(CC2CCN(Sc3ccccc3OC(F)(F)F)CC2)CC1. The van der Waals surface area contributed by atoms with Crippen molar-refractivity contribution in [3.05, 3.63) is 53.1 Å². The summed E-state index contributed by atoms with van der Waals surface area (Å²) < 4.78 is 46.6. The minimum atomic E-state index is -4.66. The summed E-state index contributed by atoms with van der Waals surface area (Å²) in [6.07, 6.45) is 5.63. The highest BCUT2D eigenvalue weighted by molar-refractivity contribution is 7.97. The molecule has 0 unspecified atom stereocenters. The summed E-state index contributed by atoms with van der Waals surface area (Å²) in [6.45, 7) is 26.9. The monoisotopic (exact) mass is 776 g/mol. The van der Waals surface area contributed by atoms with Crippen LogP contribution in [-0.4, -0.2) is 89.7 Å². The van der Waals surface area contributed by atoms with Crippen LogP contribution in [0.2, 0.25) is 0 Å². The number of ether oxygens (including phenoxy) is 1. The van der Waals surface area contributed by atoms with E-state index in [4.69, 9.17) is 0 Å². The first kappa shape index (κ1) is 42.7. The van der Waals surface area contributed by atoms with Gasteiger partial charge in [-0.2, -0.15) is 0 Å². The van der Waals surface area contributed by atoms with E-state index in [0.717, 1.165) is 37.9 Å². The predicted molar refractivity (Wildman–Crippen MR) is 218 cm³/mol. The van der Waals surface area contributed by atoms with Crippen molar-refractivity contribution in [2.45, 2.75) is 140 Å². The Morgan fingerprint density at radius 2 is 1.25 bits per heavy atom. The molecule has 0 N–H and O–H groups in total. The van der Waals surface area contributed by atoms with Gasteiger partial charge in [-0.25, -0.2) is 8.61 Å². The summed E-state index contributed by atoms with van der Waals surface area (Å²) in [5.41, 5.74) is 4.60. The van der Waals surface area contributed by atoms with E-state index in [1.54, 1.807) is 34.2 Å². The Hall–Kier alpha value is -1.43. The van der Waals surface area contributed by atoms with Gasteiger partial charge in [-0.05, 0) is 160 Å². The van der Waals surface area contributed by atoms with Gasteiger partial charge in [0.15, 0.2) is 0 Å². The van der Waals surface area contributed by atoms with Crippen LogP contribution in [0.4, 0.5) is 13.2 Å². The van der Waals surface area contributed by atoms with Gasteiger partial charge < -0.3 is 14.5 Å². The standard InChI is InChI=1S/C24H40N2S.C19H27F3N2OS/c1-17(2)20-15-22(18(3)4)24(23(16-20)19(5)6)27-26-13-9-21(10-14-26)25-11-7-8-12-25;1-15-6-10-23(11-7-15)14-16-8-12-24(13-9-16)26-18-5-3-2-4-17(18)25-19(20,21)22/h15-19,21H,7-14H2,1-6H3;2-5,15-16H,6-14H2,1H3. The minimum absolute atomic E-state index is 0.116. The lowest BCUT2D eigenvalue weighted by Gasteiger charge is -2.36. The summed E-state index contributed by atoms with van der Waals surface area (Å²) in [5.74, 6) is 3.17. The maximum absolute atomic E-state index is 12.5. The van der Waals surface area contributed by atoms with Gasteiger partial charge in [0.05, 0.1) is 4.90 Å². The first-order valence-corrected chi connectivity index (χ1v) is 22.1. The van der Waals surface area contributed by atoms with E-state index in [1.807, 2.05) is 0 Å². The molecule has 0 atom stereocenters. The third-order valence-corrected chi connectivity index (χ3v) is 14.1. The van der Waals surface area contributed by atoms with Gasteiger partial charge in [-0.15, -0.1) is 13.2 Å². The van der Waals surface area contributed by atoms with Crippen LogP contribution in [0.25, 0.3) is 0 Å². The Morgan fingerprint density at radius 3 is 1.79 bits per heavy atom. The smallest absolute Gasteiger partial charge is 0.405 e. The van der Waals surface area contributed by atoms with Crippen LogP contribution in [0.5, 0.6) is 5.75 Å². The summed E-state index contributed by atoms with van der Waals surface area (Å²) in [6, 6.07) is 12.2. The lowest BCUT2D eigenvalue weighted by atomic mass is 9.89. The number of alkyl halides is 3. The predicted octanol–water partition coefficient (Wildman–Crippen LogP) is 11.7. The average molecular weight is 777 g/mol. The molecule has 53 heavy (non-hydrogen) atoms. The van der Waals surface area contributed by atoms with Crippen molar-refractivity contribution in [1.29, 1.82) is 0 Å². The second-order valence-corrected chi connectivity index (χ2v) is 19.2. The Labute approximate surface area is 328 Å². The Balaban J connectivity index is 0.000000204. The molecule has 0 aromatic heterocycles. The summed E-state index contributed by atoms with van der Waals surface area (Å²) in [4.78, 5) is 7.40. The lowest BCUT2D eigenvalue weighted by molar-refractivity contribution is -0.275. The molecule has 2 aromatic carbocycles. The van der Waals surface area contributed by atoms with Gasteiger partial charge in [0.25, 0.3) is 0 Å². The number of rotatable bonds is 11. The van der Waals surface area contributed by atoms with Crippen LogP contribution >= 0.6 is 23.9 Å². The van der Waals surface area contributed by atoms with Crippen molar-refractivity contribution >= 4 is 23.9 Å². The van der Waals surface area contributed by atoms with E-state index >= 15 is 0 Å². The van der Waals surface area contributed by atoms with Crippen LogP contribution in [0.1, 0.15) is 134 Å². The number of halogens is 3. The fourth-order valence-electron chi connectivity index (χ4n) is 8.20. The van der Waals surface area contributed by atoms with Crippen LogP contribution in [0, 0.1) is 11.8 Å². The first-order chi connectivity index (χ1) is 25.3. The highest BCUT2D eigenvalue weighted by Gasteiger charge is 2.33. The zero-order chi connectivity index (χ0) is 38.1. The van der Waals surface area contributed by atoms with Crippen molar-refractivity contribution in [2.75, 3.05) is 58.9 Å². The first-order valence-electron chi connectivity index (χ1n) is 20.6. The molecule has 298 valence electrons. The molecule has 4 fully saturated rings. The molecule has 4 saturated heterocycles. The van der Waals surface area contributed by atoms with E-state index in [0.29, 0.717) is 28.6 Å². The Kier molecular flexibility index (Phi) is 16.2. The number of benzene rings is 2. The zero-order valence-electron chi connectivity index (χ0n) is 33.6. The number of hydrogen-bond donors (Lipinski definition) is 0. The second-order valence-electron chi connectivity index (χ2n) is 16.9. The topological polar surface area (TPSA) is 22.2 Å². The quantitative estimate of drug-likeness (QED) is 0.209. The molecule has 2 aromatic rings. The van der Waals surface area contributed by atoms with Crippen molar-refractivity contribution in [1.82, 2.24) is 18.4 Å². The highest BCUT2D eigenvalue weighted by atomic mass is 32.2. The fraction of sp³-hybridized carbons (Fsp3) is 0.721. The average Bonchev–Trinajstić information content (AvgIpc) is 3.66. The van der Waals surface area contributed by atoms with Crippen LogP contribution in [-0.2, 0) is 0 Å². The third-order valence-electron chi connectivity index (χ3n) is 11.6. The number of hydrogen-bond acceptors (Lipinski definition) is 7. The third kappa shape index (κ3) is 13.1. The largest absolute Gasteiger partial charge is 0.573 e. The molecule has 0 amide bonds. The number of piperidine rings is 3. The number of nitrogens with zero attached hydrogens (tertiary/aromatic N) is 4. The molecule has 5 nitrogen and oxygen atoms in total. The summed E-state index contributed by atoms with van der Waals surface area (Å²) in [7, 11) is 0. The minimum Gasteiger partial charge on any atom is -0.405 e. The molecule has 0 saturated carbocycles. The molecule has 0 aliphatic carbocycles. The van der Waals surface area contributed by atoms with Crippen LogP contribution in [0.15, 0.2) is 46.2 Å². The summed E-state index contributed by atoms with van der Waals surface area (Å²) >= 11 is 3.43. The molecule has 4 aliphatic rings. The van der Waals surface area contributed by atoms with Gasteiger partial charge in [-0.1, -0.05) is 72.7 Å². The molecular weight excluding hydrogens is 710 g/mol. The van der Waals surface area contributed by atoms with E-state index in [-0.39, 0.29) is 5.75 Å². The van der Waals surface area contributed by atoms with Crippen LogP contribution < -0.4 is 4.74 Å². The number of para-hydroxylation sites is 1. The van der Waals surface area contributed by atoms with Crippen molar-refractivity contribution in [2.24, 2.45) is 11.8 Å². The van der Waals surface area contributed by atoms with Crippen molar-refractivity contribution in [3.63, 3.8) is 0 Å². The van der Waals surface area contributed by atoms with E-state index in [2.05, 4.69) is 95.7 Å². The van der Waals surface area contributed by atoms with Gasteiger partial charge in [0.1, 0.15) is 5.75 Å².